The Morgan fingerprint density at radius 1 is 1.40 bits per heavy atom. The third kappa shape index (κ3) is 3.79. The lowest BCUT2D eigenvalue weighted by molar-refractivity contribution is -0.119. The molecule has 2 amide bonds. The minimum Gasteiger partial charge on any atom is -0.442 e. The molecular formula is C17H19F2N3O3. The molecule has 0 aliphatic carbocycles. The number of hydrogen-bond donors (Lipinski definition) is 2. The highest BCUT2D eigenvalue weighted by molar-refractivity contribution is 5.90. The van der Waals surface area contributed by atoms with Gasteiger partial charge in [0.1, 0.15) is 17.7 Å². The molecule has 0 aromatic heterocycles. The Hall–Kier alpha value is -2.48. The molecule has 134 valence electrons. The Morgan fingerprint density at radius 2 is 2.12 bits per heavy atom. The van der Waals surface area contributed by atoms with Crippen molar-refractivity contribution >= 4 is 23.3 Å². The fourth-order valence-electron chi connectivity index (χ4n) is 2.97. The van der Waals surface area contributed by atoms with Gasteiger partial charge in [-0.05, 0) is 30.7 Å². The van der Waals surface area contributed by atoms with Gasteiger partial charge in [0, 0.05) is 19.0 Å². The summed E-state index contributed by atoms with van der Waals surface area (Å²) in [6, 6.07) is 2.28. The lowest BCUT2D eigenvalue weighted by Crippen LogP contribution is -2.33. The monoisotopic (exact) mass is 351 g/mol. The molecule has 25 heavy (non-hydrogen) atoms. The minimum atomic E-state index is -0.707. The van der Waals surface area contributed by atoms with Gasteiger partial charge in [0.15, 0.2) is 0 Å². The number of cyclic esters (lactones) is 1. The molecule has 1 aromatic rings. The number of carbonyl (C=O) groups is 2. The molecule has 0 radical (unpaired) electrons. The van der Waals surface area contributed by atoms with Crippen molar-refractivity contribution in [1.82, 2.24) is 10.6 Å². The average Bonchev–Trinajstić information content (AvgIpc) is 2.94. The van der Waals surface area contributed by atoms with Gasteiger partial charge in [0.2, 0.25) is 5.91 Å². The number of halogens is 2. The maximum atomic E-state index is 14.5. The van der Waals surface area contributed by atoms with Crippen LogP contribution in [0.5, 0.6) is 0 Å². The van der Waals surface area contributed by atoms with Crippen LogP contribution in [-0.4, -0.2) is 44.3 Å². The summed E-state index contributed by atoms with van der Waals surface area (Å²) < 4.78 is 34.1. The quantitative estimate of drug-likeness (QED) is 0.868. The van der Waals surface area contributed by atoms with E-state index in [0.29, 0.717) is 25.1 Å². The maximum Gasteiger partial charge on any atom is 0.414 e. The highest BCUT2D eigenvalue weighted by Gasteiger charge is 2.33. The highest BCUT2D eigenvalue weighted by Crippen LogP contribution is 2.31. The summed E-state index contributed by atoms with van der Waals surface area (Å²) in [6.45, 7) is 2.85. The van der Waals surface area contributed by atoms with E-state index >= 15 is 0 Å². The van der Waals surface area contributed by atoms with E-state index in [2.05, 4.69) is 10.6 Å². The molecule has 0 spiro atoms. The minimum absolute atomic E-state index is 0.0485. The highest BCUT2D eigenvalue weighted by atomic mass is 19.1. The summed E-state index contributed by atoms with van der Waals surface area (Å²) in [6.07, 6.45) is 1.05. The Balaban J connectivity index is 1.80. The molecule has 2 N–H and O–H groups in total. The van der Waals surface area contributed by atoms with Crippen molar-refractivity contribution in [3.8, 4) is 0 Å². The Morgan fingerprint density at radius 3 is 2.72 bits per heavy atom. The number of rotatable bonds is 4. The van der Waals surface area contributed by atoms with E-state index in [4.69, 9.17) is 4.74 Å². The molecule has 2 aliphatic heterocycles. The van der Waals surface area contributed by atoms with Crippen LogP contribution in [0.25, 0.3) is 5.57 Å². The van der Waals surface area contributed by atoms with Gasteiger partial charge in [-0.1, -0.05) is 6.08 Å². The van der Waals surface area contributed by atoms with Crippen molar-refractivity contribution in [1.29, 1.82) is 0 Å². The van der Waals surface area contributed by atoms with Gasteiger partial charge >= 0.3 is 6.09 Å². The second-order valence-corrected chi connectivity index (χ2v) is 6.02. The predicted octanol–water partition coefficient (Wildman–Crippen LogP) is 1.80. The van der Waals surface area contributed by atoms with Gasteiger partial charge < -0.3 is 15.4 Å². The molecule has 1 fully saturated rings. The van der Waals surface area contributed by atoms with Crippen LogP contribution in [0.3, 0.4) is 0 Å². The first kappa shape index (κ1) is 17.3. The zero-order valence-electron chi connectivity index (χ0n) is 13.8. The lowest BCUT2D eigenvalue weighted by Gasteiger charge is -2.18. The molecule has 0 saturated carbocycles. The molecule has 1 saturated heterocycles. The van der Waals surface area contributed by atoms with E-state index in [1.165, 1.54) is 11.8 Å². The number of carbonyl (C=O) groups excluding carboxylic acids is 2. The molecule has 3 rings (SSSR count). The van der Waals surface area contributed by atoms with Crippen LogP contribution in [0.15, 0.2) is 18.2 Å². The molecular weight excluding hydrogens is 332 g/mol. The third-order valence-corrected chi connectivity index (χ3v) is 4.18. The van der Waals surface area contributed by atoms with E-state index in [-0.39, 0.29) is 30.2 Å². The summed E-state index contributed by atoms with van der Waals surface area (Å²) in [5.74, 6) is -1.66. The Labute approximate surface area is 143 Å². The number of nitrogens with zero attached hydrogens (tertiary/aromatic N) is 1. The van der Waals surface area contributed by atoms with E-state index in [0.717, 1.165) is 12.1 Å². The smallest absolute Gasteiger partial charge is 0.414 e. The summed E-state index contributed by atoms with van der Waals surface area (Å²) in [4.78, 5) is 24.1. The average molecular weight is 351 g/mol. The zero-order valence-corrected chi connectivity index (χ0v) is 13.8. The molecule has 1 atom stereocenters. The van der Waals surface area contributed by atoms with Gasteiger partial charge in [-0.2, -0.15) is 0 Å². The number of amides is 2. The maximum absolute atomic E-state index is 14.5. The fourth-order valence-corrected chi connectivity index (χ4v) is 2.97. The molecule has 2 aliphatic rings. The van der Waals surface area contributed by atoms with Gasteiger partial charge in [-0.3, -0.25) is 9.69 Å². The fraction of sp³-hybridized carbons (Fsp3) is 0.412. The van der Waals surface area contributed by atoms with Crippen molar-refractivity contribution in [2.45, 2.75) is 19.4 Å². The molecule has 1 unspecified atom stereocenters. The van der Waals surface area contributed by atoms with Gasteiger partial charge in [0.05, 0.1) is 18.8 Å². The zero-order chi connectivity index (χ0) is 18.0. The van der Waals surface area contributed by atoms with Crippen LogP contribution in [0.2, 0.25) is 0 Å². The summed E-state index contributed by atoms with van der Waals surface area (Å²) in [5.41, 5.74) is 0.670. The molecule has 2 heterocycles. The summed E-state index contributed by atoms with van der Waals surface area (Å²) >= 11 is 0. The standard InChI is InChI=1S/C17H19F2N3O3/c1-10(23)21-8-13-9-22(17(24)25-13)12-6-14(18)16(15(19)7-12)11-2-4-20-5-3-11/h2,6-7,13,20H,3-5,8-9H2,1H3,(H,21,23). The van der Waals surface area contributed by atoms with Crippen molar-refractivity contribution in [2.24, 2.45) is 0 Å². The number of benzene rings is 1. The van der Waals surface area contributed by atoms with Crippen molar-refractivity contribution in [3.63, 3.8) is 0 Å². The first-order valence-corrected chi connectivity index (χ1v) is 8.07. The van der Waals surface area contributed by atoms with Gasteiger partial charge in [0.25, 0.3) is 0 Å². The third-order valence-electron chi connectivity index (χ3n) is 4.18. The predicted molar refractivity (Wildman–Crippen MR) is 88.1 cm³/mol. The molecule has 1 aromatic carbocycles. The lowest BCUT2D eigenvalue weighted by atomic mass is 9.98. The number of ether oxygens (including phenoxy) is 1. The van der Waals surface area contributed by atoms with E-state index in [1.54, 1.807) is 6.08 Å². The van der Waals surface area contributed by atoms with Crippen LogP contribution in [0.1, 0.15) is 18.9 Å². The largest absolute Gasteiger partial charge is 0.442 e. The number of hydrogen-bond acceptors (Lipinski definition) is 4. The Bertz CT molecular complexity index is 713. The van der Waals surface area contributed by atoms with E-state index in [1.807, 2.05) is 0 Å². The SMILES string of the molecule is CC(=O)NCC1CN(c2cc(F)c(C3=CCNCC3)c(F)c2)C(=O)O1. The van der Waals surface area contributed by atoms with Crippen molar-refractivity contribution in [2.75, 3.05) is 31.1 Å². The normalized spacial score (nSPS) is 20.3. The van der Waals surface area contributed by atoms with Gasteiger partial charge in [-0.25, -0.2) is 13.6 Å². The Kier molecular flexibility index (Phi) is 4.98. The molecule has 8 heteroatoms. The first-order chi connectivity index (χ1) is 12.0. The van der Waals surface area contributed by atoms with Crippen LogP contribution >= 0.6 is 0 Å². The first-order valence-electron chi connectivity index (χ1n) is 8.07. The van der Waals surface area contributed by atoms with Crippen molar-refractivity contribution < 1.29 is 23.1 Å². The van der Waals surface area contributed by atoms with Gasteiger partial charge in [-0.15, -0.1) is 0 Å². The second kappa shape index (κ2) is 7.18. The summed E-state index contributed by atoms with van der Waals surface area (Å²) in [5, 5.41) is 5.64. The molecule has 0 bridgehead atoms. The van der Waals surface area contributed by atoms with E-state index in [9.17, 15) is 18.4 Å². The van der Waals surface area contributed by atoms with E-state index < -0.39 is 23.8 Å². The number of anilines is 1. The van der Waals surface area contributed by atoms with Crippen molar-refractivity contribution in [3.05, 3.63) is 35.4 Å². The topological polar surface area (TPSA) is 70.7 Å². The second-order valence-electron chi connectivity index (χ2n) is 6.02. The van der Waals surface area contributed by atoms with Crippen LogP contribution < -0.4 is 15.5 Å². The number of nitrogens with one attached hydrogen (secondary N) is 2. The molecule has 6 nitrogen and oxygen atoms in total. The van der Waals surface area contributed by atoms with Crippen LogP contribution in [-0.2, 0) is 9.53 Å². The van der Waals surface area contributed by atoms with Crippen LogP contribution in [0.4, 0.5) is 19.3 Å². The summed E-state index contributed by atoms with van der Waals surface area (Å²) in [7, 11) is 0. The van der Waals surface area contributed by atoms with Crippen LogP contribution in [0, 0.1) is 11.6 Å².